The van der Waals surface area contributed by atoms with Gasteiger partial charge in [-0.15, -0.1) is 0 Å². The number of aliphatic carboxylic acids is 1. The summed E-state index contributed by atoms with van der Waals surface area (Å²) in [6, 6.07) is 7.95. The molecular formula is C14H18ClNO3. The number of nitrogens with zero attached hydrogens (tertiary/aromatic N) is 1. The van der Waals surface area contributed by atoms with Crippen molar-refractivity contribution in [2.45, 2.75) is 25.5 Å². The van der Waals surface area contributed by atoms with Crippen molar-refractivity contribution >= 4 is 17.6 Å². The molecule has 1 aromatic rings. The highest BCUT2D eigenvalue weighted by atomic mass is 35.5. The van der Waals surface area contributed by atoms with Gasteiger partial charge in [-0.3, -0.25) is 4.90 Å². The van der Waals surface area contributed by atoms with Crippen LogP contribution in [0, 0.1) is 0 Å². The van der Waals surface area contributed by atoms with Crippen LogP contribution in [-0.2, 0) is 9.53 Å². The van der Waals surface area contributed by atoms with E-state index < -0.39 is 12.1 Å². The third-order valence-electron chi connectivity index (χ3n) is 3.46. The Balaban J connectivity index is 2.12. The molecule has 19 heavy (non-hydrogen) atoms. The lowest BCUT2D eigenvalue weighted by atomic mass is 10.0. The van der Waals surface area contributed by atoms with Crippen LogP contribution >= 0.6 is 11.6 Å². The molecule has 1 aliphatic heterocycles. The van der Waals surface area contributed by atoms with Gasteiger partial charge < -0.3 is 9.84 Å². The zero-order valence-corrected chi connectivity index (χ0v) is 11.6. The fourth-order valence-corrected chi connectivity index (χ4v) is 2.62. The summed E-state index contributed by atoms with van der Waals surface area (Å²) in [6.07, 6.45) is 0.198. The number of carboxylic acid groups (broad SMARTS) is 1. The van der Waals surface area contributed by atoms with Gasteiger partial charge in [-0.25, -0.2) is 4.79 Å². The summed E-state index contributed by atoms with van der Waals surface area (Å²) in [6.45, 7) is 3.74. The number of morpholine rings is 1. The molecule has 2 unspecified atom stereocenters. The van der Waals surface area contributed by atoms with Crippen molar-refractivity contribution in [3.05, 3.63) is 34.9 Å². The second-order valence-corrected chi connectivity index (χ2v) is 5.10. The molecule has 104 valence electrons. The van der Waals surface area contributed by atoms with Gasteiger partial charge in [-0.2, -0.15) is 0 Å². The topological polar surface area (TPSA) is 49.8 Å². The average Bonchev–Trinajstić information content (AvgIpc) is 2.42. The van der Waals surface area contributed by atoms with Gasteiger partial charge in [0, 0.05) is 24.2 Å². The highest BCUT2D eigenvalue weighted by Gasteiger charge is 2.30. The largest absolute Gasteiger partial charge is 0.479 e. The molecule has 0 saturated carbocycles. The van der Waals surface area contributed by atoms with E-state index in [1.54, 1.807) is 0 Å². The maximum atomic E-state index is 11.0. The molecule has 1 aliphatic rings. The van der Waals surface area contributed by atoms with Crippen LogP contribution in [0.2, 0.25) is 5.02 Å². The molecule has 1 aromatic carbocycles. The Labute approximate surface area is 117 Å². The van der Waals surface area contributed by atoms with Crippen LogP contribution < -0.4 is 0 Å². The number of benzene rings is 1. The molecule has 0 spiro atoms. The van der Waals surface area contributed by atoms with E-state index in [0.29, 0.717) is 18.2 Å². The van der Waals surface area contributed by atoms with Gasteiger partial charge in [-0.1, -0.05) is 30.7 Å². The van der Waals surface area contributed by atoms with Crippen molar-refractivity contribution in [2.75, 3.05) is 19.7 Å². The minimum atomic E-state index is -0.893. The molecule has 0 radical (unpaired) electrons. The Morgan fingerprint density at radius 2 is 2.21 bits per heavy atom. The van der Waals surface area contributed by atoms with Gasteiger partial charge >= 0.3 is 5.97 Å². The van der Waals surface area contributed by atoms with E-state index >= 15 is 0 Å². The number of hydrogen-bond donors (Lipinski definition) is 1. The van der Waals surface area contributed by atoms with Gasteiger partial charge in [0.2, 0.25) is 0 Å². The zero-order chi connectivity index (χ0) is 13.8. The highest BCUT2D eigenvalue weighted by molar-refractivity contribution is 6.30. The molecule has 1 saturated heterocycles. The summed E-state index contributed by atoms with van der Waals surface area (Å²) < 4.78 is 5.26. The third kappa shape index (κ3) is 3.47. The SMILES string of the molecule is CCC(c1ccc(Cl)cc1)N1CCOC(C(=O)O)C1. The van der Waals surface area contributed by atoms with Crippen LogP contribution in [0.5, 0.6) is 0 Å². The molecule has 5 heteroatoms. The summed E-state index contributed by atoms with van der Waals surface area (Å²) in [4.78, 5) is 13.2. The van der Waals surface area contributed by atoms with E-state index in [0.717, 1.165) is 18.5 Å². The second-order valence-electron chi connectivity index (χ2n) is 4.67. The van der Waals surface area contributed by atoms with Crippen LogP contribution in [0.25, 0.3) is 0 Å². The minimum absolute atomic E-state index is 0.211. The lowest BCUT2D eigenvalue weighted by molar-refractivity contribution is -0.157. The quantitative estimate of drug-likeness (QED) is 0.923. The molecule has 1 N–H and O–H groups in total. The van der Waals surface area contributed by atoms with E-state index in [1.807, 2.05) is 24.3 Å². The molecule has 0 amide bonds. The van der Waals surface area contributed by atoms with Gasteiger partial charge in [-0.05, 0) is 24.1 Å². The van der Waals surface area contributed by atoms with E-state index in [4.69, 9.17) is 21.4 Å². The maximum absolute atomic E-state index is 11.0. The third-order valence-corrected chi connectivity index (χ3v) is 3.71. The van der Waals surface area contributed by atoms with Gasteiger partial charge in [0.25, 0.3) is 0 Å². The van der Waals surface area contributed by atoms with Crippen LogP contribution in [0.4, 0.5) is 0 Å². The zero-order valence-electron chi connectivity index (χ0n) is 10.9. The first-order valence-electron chi connectivity index (χ1n) is 6.45. The van der Waals surface area contributed by atoms with Crippen LogP contribution in [0.3, 0.4) is 0 Å². The van der Waals surface area contributed by atoms with E-state index in [-0.39, 0.29) is 6.04 Å². The highest BCUT2D eigenvalue weighted by Crippen LogP contribution is 2.27. The van der Waals surface area contributed by atoms with Gasteiger partial charge in [0.15, 0.2) is 6.10 Å². The predicted molar refractivity (Wildman–Crippen MR) is 73.4 cm³/mol. The van der Waals surface area contributed by atoms with Crippen molar-refractivity contribution in [3.8, 4) is 0 Å². The summed E-state index contributed by atoms with van der Waals surface area (Å²) >= 11 is 5.90. The Morgan fingerprint density at radius 3 is 2.79 bits per heavy atom. The average molecular weight is 284 g/mol. The van der Waals surface area contributed by atoms with Gasteiger partial charge in [0.05, 0.1) is 6.61 Å². The molecule has 2 rings (SSSR count). The van der Waals surface area contributed by atoms with E-state index in [1.165, 1.54) is 0 Å². The van der Waals surface area contributed by atoms with Crippen molar-refractivity contribution in [3.63, 3.8) is 0 Å². The number of ether oxygens (including phenoxy) is 1. The second kappa shape index (κ2) is 6.37. The standard InChI is InChI=1S/C14H18ClNO3/c1-2-12(10-3-5-11(15)6-4-10)16-7-8-19-13(9-16)14(17)18/h3-6,12-13H,2,7-9H2,1H3,(H,17,18). The normalized spacial score (nSPS) is 22.1. The summed E-state index contributed by atoms with van der Waals surface area (Å²) in [7, 11) is 0. The maximum Gasteiger partial charge on any atom is 0.334 e. The fraction of sp³-hybridized carbons (Fsp3) is 0.500. The molecule has 2 atom stereocenters. The first-order valence-corrected chi connectivity index (χ1v) is 6.83. The molecular weight excluding hydrogens is 266 g/mol. The van der Waals surface area contributed by atoms with Crippen molar-refractivity contribution in [1.82, 2.24) is 4.90 Å². The van der Waals surface area contributed by atoms with Crippen LogP contribution in [0.15, 0.2) is 24.3 Å². The first kappa shape index (κ1) is 14.3. The summed E-state index contributed by atoms with van der Waals surface area (Å²) in [5.41, 5.74) is 1.16. The lowest BCUT2D eigenvalue weighted by Gasteiger charge is -2.36. The number of carboxylic acids is 1. The first-order chi connectivity index (χ1) is 9.11. The molecule has 0 aromatic heterocycles. The Morgan fingerprint density at radius 1 is 1.53 bits per heavy atom. The van der Waals surface area contributed by atoms with Crippen molar-refractivity contribution < 1.29 is 14.6 Å². The molecule has 4 nitrogen and oxygen atoms in total. The molecule has 1 fully saturated rings. The number of hydrogen-bond acceptors (Lipinski definition) is 3. The number of halogens is 1. The number of carbonyl (C=O) groups is 1. The Kier molecular flexibility index (Phi) is 4.80. The predicted octanol–water partition coefficient (Wildman–Crippen LogP) is 2.58. The smallest absolute Gasteiger partial charge is 0.334 e. The molecule has 0 aliphatic carbocycles. The summed E-state index contributed by atoms with van der Waals surface area (Å²) in [5, 5.41) is 9.76. The van der Waals surface area contributed by atoms with E-state index in [9.17, 15) is 4.79 Å². The Hall–Kier alpha value is -1.10. The molecule has 1 heterocycles. The van der Waals surface area contributed by atoms with Gasteiger partial charge in [0.1, 0.15) is 0 Å². The van der Waals surface area contributed by atoms with Crippen LogP contribution in [0.1, 0.15) is 24.9 Å². The fourth-order valence-electron chi connectivity index (χ4n) is 2.49. The minimum Gasteiger partial charge on any atom is -0.479 e. The Bertz CT molecular complexity index is 435. The van der Waals surface area contributed by atoms with Crippen molar-refractivity contribution in [2.24, 2.45) is 0 Å². The molecule has 0 bridgehead atoms. The van der Waals surface area contributed by atoms with E-state index in [2.05, 4.69) is 11.8 Å². The van der Waals surface area contributed by atoms with Crippen LogP contribution in [-0.4, -0.2) is 41.8 Å². The summed E-state index contributed by atoms with van der Waals surface area (Å²) in [5.74, 6) is -0.893. The monoisotopic (exact) mass is 283 g/mol. The van der Waals surface area contributed by atoms with Crippen molar-refractivity contribution in [1.29, 1.82) is 0 Å². The lowest BCUT2D eigenvalue weighted by Crippen LogP contribution is -2.47. The number of rotatable bonds is 4.